The van der Waals surface area contributed by atoms with E-state index in [1.807, 2.05) is 62.4 Å². The van der Waals surface area contributed by atoms with Gasteiger partial charge in [0.1, 0.15) is 0 Å². The molecular formula is C22H27ClN4O2. The number of hydrogen-bond donors (Lipinski definition) is 2. The first kappa shape index (κ1) is 21.1. The summed E-state index contributed by atoms with van der Waals surface area (Å²) in [5.74, 6) is -0.0404. The summed E-state index contributed by atoms with van der Waals surface area (Å²) < 4.78 is 0. The van der Waals surface area contributed by atoms with Crippen LogP contribution in [0.1, 0.15) is 24.1 Å². The maximum absolute atomic E-state index is 12.5. The van der Waals surface area contributed by atoms with Crippen molar-refractivity contribution in [2.24, 2.45) is 0 Å². The third kappa shape index (κ3) is 6.21. The van der Waals surface area contributed by atoms with Crippen molar-refractivity contribution >= 4 is 29.2 Å². The number of piperazine rings is 1. The molecule has 0 bridgehead atoms. The Morgan fingerprint density at radius 2 is 1.76 bits per heavy atom. The van der Waals surface area contributed by atoms with E-state index in [0.29, 0.717) is 37.7 Å². The number of carbonyl (C=O) groups excluding carboxylic acids is 2. The second-order valence-electron chi connectivity index (χ2n) is 7.40. The molecule has 0 aromatic heterocycles. The molecule has 7 heteroatoms. The van der Waals surface area contributed by atoms with Crippen LogP contribution in [0.3, 0.4) is 0 Å². The van der Waals surface area contributed by atoms with E-state index >= 15 is 0 Å². The van der Waals surface area contributed by atoms with Crippen LogP contribution in [0.2, 0.25) is 5.02 Å². The number of anilines is 1. The summed E-state index contributed by atoms with van der Waals surface area (Å²) in [6.45, 7) is 6.78. The van der Waals surface area contributed by atoms with E-state index < -0.39 is 0 Å². The normalized spacial score (nSPS) is 15.6. The fourth-order valence-corrected chi connectivity index (χ4v) is 3.48. The maximum atomic E-state index is 12.5. The van der Waals surface area contributed by atoms with Gasteiger partial charge in [0.15, 0.2) is 0 Å². The molecule has 0 radical (unpaired) electrons. The molecule has 2 aromatic rings. The predicted octanol–water partition coefficient (Wildman–Crippen LogP) is 3.68. The molecule has 1 aliphatic rings. The van der Waals surface area contributed by atoms with Gasteiger partial charge >= 0.3 is 6.03 Å². The lowest BCUT2D eigenvalue weighted by atomic mass is 10.1. The highest BCUT2D eigenvalue weighted by Crippen LogP contribution is 2.18. The van der Waals surface area contributed by atoms with E-state index in [1.54, 1.807) is 4.90 Å². The quantitative estimate of drug-likeness (QED) is 0.784. The van der Waals surface area contributed by atoms with Gasteiger partial charge in [0.2, 0.25) is 5.91 Å². The number of aryl methyl sites for hydroxylation is 1. The molecule has 29 heavy (non-hydrogen) atoms. The monoisotopic (exact) mass is 414 g/mol. The average Bonchev–Trinajstić information content (AvgIpc) is 2.70. The van der Waals surface area contributed by atoms with Gasteiger partial charge in [0.05, 0.1) is 12.6 Å². The molecule has 6 nitrogen and oxygen atoms in total. The van der Waals surface area contributed by atoms with Crippen molar-refractivity contribution in [3.05, 3.63) is 64.7 Å². The smallest absolute Gasteiger partial charge is 0.317 e. The summed E-state index contributed by atoms with van der Waals surface area (Å²) in [5.41, 5.74) is 2.92. The molecular weight excluding hydrogens is 388 g/mol. The van der Waals surface area contributed by atoms with Gasteiger partial charge in [-0.25, -0.2) is 4.79 Å². The lowest BCUT2D eigenvalue weighted by Gasteiger charge is -2.35. The molecule has 1 fully saturated rings. The van der Waals surface area contributed by atoms with Crippen molar-refractivity contribution in [2.75, 3.05) is 38.0 Å². The van der Waals surface area contributed by atoms with Crippen LogP contribution >= 0.6 is 11.6 Å². The molecule has 0 unspecified atom stereocenters. The van der Waals surface area contributed by atoms with Gasteiger partial charge in [0.25, 0.3) is 0 Å². The number of nitrogens with one attached hydrogen (secondary N) is 2. The second kappa shape index (κ2) is 9.76. The number of amides is 3. The SMILES string of the molecule is Cc1ccc(NC(=O)CN2CCN(C(=O)N[C@@H](C)c3cccc(Cl)c3)CC2)cc1. The van der Waals surface area contributed by atoms with Gasteiger partial charge in [-0.2, -0.15) is 0 Å². The zero-order valence-corrected chi connectivity index (χ0v) is 17.6. The molecule has 2 aromatic carbocycles. The van der Waals surface area contributed by atoms with Crippen LogP contribution in [0.15, 0.2) is 48.5 Å². The molecule has 0 saturated carbocycles. The van der Waals surface area contributed by atoms with Crippen molar-refractivity contribution in [3.8, 4) is 0 Å². The predicted molar refractivity (Wildman–Crippen MR) is 116 cm³/mol. The fraction of sp³-hybridized carbons (Fsp3) is 0.364. The number of rotatable bonds is 5. The van der Waals surface area contributed by atoms with Crippen LogP contribution < -0.4 is 10.6 Å². The van der Waals surface area contributed by atoms with Gasteiger partial charge in [-0.15, -0.1) is 0 Å². The Bertz CT molecular complexity index is 848. The van der Waals surface area contributed by atoms with Gasteiger partial charge in [0, 0.05) is 36.9 Å². The minimum absolute atomic E-state index is 0.0404. The first-order valence-electron chi connectivity index (χ1n) is 9.80. The van der Waals surface area contributed by atoms with E-state index in [1.165, 1.54) is 0 Å². The average molecular weight is 415 g/mol. The molecule has 3 amide bonds. The third-order valence-corrected chi connectivity index (χ3v) is 5.29. The van der Waals surface area contributed by atoms with Crippen molar-refractivity contribution in [1.82, 2.24) is 15.1 Å². The Labute approximate surface area is 176 Å². The summed E-state index contributed by atoms with van der Waals surface area (Å²) in [4.78, 5) is 28.7. The Hall–Kier alpha value is -2.57. The minimum atomic E-state index is -0.125. The van der Waals surface area contributed by atoms with Crippen molar-refractivity contribution in [3.63, 3.8) is 0 Å². The van der Waals surface area contributed by atoms with E-state index in [0.717, 1.165) is 16.8 Å². The Morgan fingerprint density at radius 3 is 2.41 bits per heavy atom. The first-order chi connectivity index (χ1) is 13.9. The number of halogens is 1. The van der Waals surface area contributed by atoms with E-state index in [2.05, 4.69) is 15.5 Å². The molecule has 1 heterocycles. The highest BCUT2D eigenvalue weighted by Gasteiger charge is 2.23. The summed E-state index contributed by atoms with van der Waals surface area (Å²) in [5, 5.41) is 6.59. The van der Waals surface area contributed by atoms with Crippen LogP contribution in [-0.4, -0.2) is 54.5 Å². The molecule has 0 spiro atoms. The van der Waals surface area contributed by atoms with Crippen molar-refractivity contribution in [1.29, 1.82) is 0 Å². The number of urea groups is 1. The Balaban J connectivity index is 1.43. The maximum Gasteiger partial charge on any atom is 0.317 e. The number of nitrogens with zero attached hydrogens (tertiary/aromatic N) is 2. The lowest BCUT2D eigenvalue weighted by molar-refractivity contribution is -0.117. The topological polar surface area (TPSA) is 64.7 Å². The van der Waals surface area contributed by atoms with Crippen LogP contribution in [0, 0.1) is 6.92 Å². The second-order valence-corrected chi connectivity index (χ2v) is 7.84. The molecule has 1 aliphatic heterocycles. The van der Waals surface area contributed by atoms with Crippen LogP contribution in [0.25, 0.3) is 0 Å². The van der Waals surface area contributed by atoms with Crippen LogP contribution in [0.5, 0.6) is 0 Å². The highest BCUT2D eigenvalue weighted by molar-refractivity contribution is 6.30. The zero-order valence-electron chi connectivity index (χ0n) is 16.8. The third-order valence-electron chi connectivity index (χ3n) is 5.05. The van der Waals surface area contributed by atoms with Gasteiger partial charge in [-0.1, -0.05) is 41.4 Å². The molecule has 1 saturated heterocycles. The summed E-state index contributed by atoms with van der Waals surface area (Å²) >= 11 is 6.03. The zero-order chi connectivity index (χ0) is 20.8. The number of carbonyl (C=O) groups is 2. The molecule has 2 N–H and O–H groups in total. The first-order valence-corrected chi connectivity index (χ1v) is 10.2. The molecule has 1 atom stereocenters. The summed E-state index contributed by atoms with van der Waals surface area (Å²) in [7, 11) is 0. The van der Waals surface area contributed by atoms with Gasteiger partial charge in [-0.05, 0) is 43.7 Å². The highest BCUT2D eigenvalue weighted by atomic mass is 35.5. The molecule has 3 rings (SSSR count). The van der Waals surface area contributed by atoms with Crippen LogP contribution in [-0.2, 0) is 4.79 Å². The van der Waals surface area contributed by atoms with E-state index in [4.69, 9.17) is 11.6 Å². The largest absolute Gasteiger partial charge is 0.331 e. The van der Waals surface area contributed by atoms with Gasteiger partial charge < -0.3 is 15.5 Å². The van der Waals surface area contributed by atoms with Crippen molar-refractivity contribution < 1.29 is 9.59 Å². The fourth-order valence-electron chi connectivity index (χ4n) is 3.29. The van der Waals surface area contributed by atoms with E-state index in [9.17, 15) is 9.59 Å². The molecule has 154 valence electrons. The minimum Gasteiger partial charge on any atom is -0.331 e. The standard InChI is InChI=1S/C22H27ClN4O2/c1-16-6-8-20(9-7-16)25-21(28)15-26-10-12-27(13-11-26)22(29)24-17(2)18-4-3-5-19(23)14-18/h3-9,14,17H,10-13,15H2,1-2H3,(H,24,29)(H,25,28)/t17-/m0/s1. The summed E-state index contributed by atoms with van der Waals surface area (Å²) in [6.07, 6.45) is 0. The Morgan fingerprint density at radius 1 is 1.07 bits per heavy atom. The number of benzene rings is 2. The molecule has 0 aliphatic carbocycles. The Kier molecular flexibility index (Phi) is 7.12. The summed E-state index contributed by atoms with van der Waals surface area (Å²) in [6, 6.07) is 15.0. The van der Waals surface area contributed by atoms with Crippen LogP contribution in [0.4, 0.5) is 10.5 Å². The lowest BCUT2D eigenvalue weighted by Crippen LogP contribution is -2.53. The number of hydrogen-bond acceptors (Lipinski definition) is 3. The van der Waals surface area contributed by atoms with E-state index in [-0.39, 0.29) is 18.0 Å². The van der Waals surface area contributed by atoms with Gasteiger partial charge in [-0.3, -0.25) is 9.69 Å². The van der Waals surface area contributed by atoms with Crippen molar-refractivity contribution in [2.45, 2.75) is 19.9 Å².